The smallest absolute Gasteiger partial charge is 0.155 e. The van der Waals surface area contributed by atoms with E-state index in [0.29, 0.717) is 12.0 Å². The van der Waals surface area contributed by atoms with E-state index in [1.54, 1.807) is 0 Å². The SMILES string of the molecule is [C+]1=CC2C(C=C1)C=Cc1nccn12. The van der Waals surface area contributed by atoms with Gasteiger partial charge in [-0.25, -0.2) is 4.98 Å². The van der Waals surface area contributed by atoms with Gasteiger partial charge in [-0.3, -0.25) is 0 Å². The van der Waals surface area contributed by atoms with Crippen LogP contribution < -0.4 is 0 Å². The topological polar surface area (TPSA) is 17.8 Å². The van der Waals surface area contributed by atoms with Crippen molar-refractivity contribution in [1.29, 1.82) is 0 Å². The molecule has 0 spiro atoms. The molecule has 2 aliphatic rings. The van der Waals surface area contributed by atoms with Gasteiger partial charge >= 0.3 is 0 Å². The monoisotopic (exact) mass is 169 g/mol. The molecule has 0 radical (unpaired) electrons. The van der Waals surface area contributed by atoms with Crippen LogP contribution in [-0.4, -0.2) is 9.55 Å². The highest BCUT2D eigenvalue weighted by Crippen LogP contribution is 2.30. The van der Waals surface area contributed by atoms with Crippen molar-refractivity contribution in [2.75, 3.05) is 0 Å². The molecule has 1 aromatic heterocycles. The molecular formula is C11H9N2+. The van der Waals surface area contributed by atoms with Crippen LogP contribution in [0, 0.1) is 12.0 Å². The van der Waals surface area contributed by atoms with Crippen molar-refractivity contribution in [1.82, 2.24) is 9.55 Å². The maximum absolute atomic E-state index is 4.25. The lowest BCUT2D eigenvalue weighted by Crippen LogP contribution is -2.19. The van der Waals surface area contributed by atoms with E-state index in [1.807, 2.05) is 18.5 Å². The Kier molecular flexibility index (Phi) is 1.26. The third-order valence-electron chi connectivity index (χ3n) is 2.56. The number of nitrogens with zero attached hydrogens (tertiary/aromatic N) is 2. The first-order chi connectivity index (χ1) is 6.45. The molecule has 0 saturated heterocycles. The molecule has 2 atom stereocenters. The molecule has 1 aliphatic carbocycles. The van der Waals surface area contributed by atoms with Gasteiger partial charge in [-0.1, -0.05) is 6.08 Å². The molecule has 62 valence electrons. The van der Waals surface area contributed by atoms with E-state index in [0.717, 1.165) is 5.82 Å². The first-order valence-corrected chi connectivity index (χ1v) is 4.42. The summed E-state index contributed by atoms with van der Waals surface area (Å²) < 4.78 is 2.18. The molecule has 2 nitrogen and oxygen atoms in total. The van der Waals surface area contributed by atoms with E-state index in [4.69, 9.17) is 0 Å². The van der Waals surface area contributed by atoms with Crippen molar-refractivity contribution in [2.24, 2.45) is 5.92 Å². The Balaban J connectivity index is 2.15. The van der Waals surface area contributed by atoms with Crippen LogP contribution >= 0.6 is 0 Å². The largest absolute Gasteiger partial charge is 0.319 e. The summed E-state index contributed by atoms with van der Waals surface area (Å²) >= 11 is 0. The lowest BCUT2D eigenvalue weighted by Gasteiger charge is -2.22. The highest BCUT2D eigenvalue weighted by Gasteiger charge is 2.28. The summed E-state index contributed by atoms with van der Waals surface area (Å²) in [5.41, 5.74) is 0. The quantitative estimate of drug-likeness (QED) is 0.543. The van der Waals surface area contributed by atoms with E-state index in [2.05, 4.69) is 39.9 Å². The molecule has 2 heteroatoms. The number of aromatic nitrogens is 2. The Morgan fingerprint density at radius 3 is 3.38 bits per heavy atom. The first kappa shape index (κ1) is 6.81. The summed E-state index contributed by atoms with van der Waals surface area (Å²) in [5.74, 6) is 1.51. The van der Waals surface area contributed by atoms with E-state index < -0.39 is 0 Å². The molecule has 0 fully saturated rings. The number of imidazole rings is 1. The van der Waals surface area contributed by atoms with Gasteiger partial charge in [0.1, 0.15) is 11.9 Å². The Morgan fingerprint density at radius 1 is 1.38 bits per heavy atom. The highest BCUT2D eigenvalue weighted by molar-refractivity contribution is 5.46. The fourth-order valence-corrected chi connectivity index (χ4v) is 1.89. The van der Waals surface area contributed by atoms with Gasteiger partial charge in [0.15, 0.2) is 6.08 Å². The molecule has 0 aromatic carbocycles. The molecule has 1 aliphatic heterocycles. The average Bonchev–Trinajstić information content (AvgIpc) is 2.65. The van der Waals surface area contributed by atoms with E-state index in [1.165, 1.54) is 0 Å². The van der Waals surface area contributed by atoms with Crippen molar-refractivity contribution >= 4 is 6.08 Å². The van der Waals surface area contributed by atoms with Crippen molar-refractivity contribution in [3.8, 4) is 0 Å². The van der Waals surface area contributed by atoms with Crippen molar-refractivity contribution in [3.05, 3.63) is 48.6 Å². The lowest BCUT2D eigenvalue weighted by molar-refractivity contribution is 0.507. The van der Waals surface area contributed by atoms with Crippen LogP contribution in [0.1, 0.15) is 11.9 Å². The molecule has 0 amide bonds. The van der Waals surface area contributed by atoms with E-state index in [9.17, 15) is 0 Å². The second-order valence-corrected chi connectivity index (χ2v) is 3.31. The minimum Gasteiger partial charge on any atom is -0.319 e. The Hall–Kier alpha value is -1.66. The molecule has 3 rings (SSSR count). The fraction of sp³-hybridized carbons (Fsp3) is 0.182. The predicted molar refractivity (Wildman–Crippen MR) is 50.7 cm³/mol. The van der Waals surface area contributed by atoms with Crippen LogP contribution in [-0.2, 0) is 0 Å². The zero-order chi connectivity index (χ0) is 8.67. The number of hydrogen-bond acceptors (Lipinski definition) is 1. The second kappa shape index (κ2) is 2.41. The third-order valence-corrected chi connectivity index (χ3v) is 2.56. The highest BCUT2D eigenvalue weighted by atomic mass is 15.1. The standard InChI is InChI=1S/C11H9N2/c1-2-4-10-9(3-1)5-6-11-12-7-8-13(10)11/h1,3-10H/q+1. The lowest BCUT2D eigenvalue weighted by atomic mass is 9.92. The van der Waals surface area contributed by atoms with Crippen molar-refractivity contribution < 1.29 is 0 Å². The summed E-state index contributed by atoms with van der Waals surface area (Å²) in [6.07, 6.45) is 17.5. The fourth-order valence-electron chi connectivity index (χ4n) is 1.89. The number of fused-ring (bicyclic) bond motifs is 3. The van der Waals surface area contributed by atoms with Gasteiger partial charge in [0.25, 0.3) is 0 Å². The van der Waals surface area contributed by atoms with Crippen LogP contribution in [0.4, 0.5) is 0 Å². The molecule has 0 bridgehead atoms. The second-order valence-electron chi connectivity index (χ2n) is 3.31. The zero-order valence-electron chi connectivity index (χ0n) is 7.09. The first-order valence-electron chi connectivity index (χ1n) is 4.42. The van der Waals surface area contributed by atoms with Gasteiger partial charge in [0, 0.05) is 12.4 Å². The summed E-state index contributed by atoms with van der Waals surface area (Å²) in [7, 11) is 0. The molecular weight excluding hydrogens is 160 g/mol. The van der Waals surface area contributed by atoms with Crippen LogP contribution in [0.25, 0.3) is 6.08 Å². The van der Waals surface area contributed by atoms with Gasteiger partial charge in [0.05, 0.1) is 24.1 Å². The average molecular weight is 169 g/mol. The molecule has 0 saturated carbocycles. The Bertz CT molecular complexity index is 409. The van der Waals surface area contributed by atoms with Crippen LogP contribution in [0.5, 0.6) is 0 Å². The van der Waals surface area contributed by atoms with E-state index in [-0.39, 0.29) is 0 Å². The maximum atomic E-state index is 4.25. The van der Waals surface area contributed by atoms with Crippen molar-refractivity contribution in [3.63, 3.8) is 0 Å². The molecule has 2 heterocycles. The van der Waals surface area contributed by atoms with E-state index >= 15 is 0 Å². The van der Waals surface area contributed by atoms with Gasteiger partial charge in [0.2, 0.25) is 0 Å². The molecule has 2 unspecified atom stereocenters. The minimum absolute atomic E-state index is 0.382. The Labute approximate surface area is 76.9 Å². The van der Waals surface area contributed by atoms with Crippen LogP contribution in [0.15, 0.2) is 36.7 Å². The van der Waals surface area contributed by atoms with Crippen LogP contribution in [0.2, 0.25) is 0 Å². The summed E-state index contributed by atoms with van der Waals surface area (Å²) in [5, 5.41) is 0. The maximum Gasteiger partial charge on any atom is 0.155 e. The minimum atomic E-state index is 0.382. The van der Waals surface area contributed by atoms with Gasteiger partial charge < -0.3 is 4.57 Å². The summed E-state index contributed by atoms with van der Waals surface area (Å²) in [4.78, 5) is 4.25. The van der Waals surface area contributed by atoms with Crippen LogP contribution in [0.3, 0.4) is 0 Å². The van der Waals surface area contributed by atoms with Gasteiger partial charge in [-0.05, 0) is 6.08 Å². The Morgan fingerprint density at radius 2 is 2.38 bits per heavy atom. The number of hydrogen-bond donors (Lipinski definition) is 0. The molecule has 13 heavy (non-hydrogen) atoms. The summed E-state index contributed by atoms with van der Waals surface area (Å²) in [6, 6.07) is 0.382. The third kappa shape index (κ3) is 0.895. The van der Waals surface area contributed by atoms with Gasteiger partial charge in [-0.15, -0.1) is 0 Å². The molecule has 1 aromatic rings. The number of allylic oxidation sites excluding steroid dienone is 5. The van der Waals surface area contributed by atoms with Crippen molar-refractivity contribution in [2.45, 2.75) is 6.04 Å². The normalized spacial score (nSPS) is 28.0. The summed E-state index contributed by atoms with van der Waals surface area (Å²) in [6.45, 7) is 0. The molecule has 0 N–H and O–H groups in total. The van der Waals surface area contributed by atoms with Gasteiger partial charge in [-0.2, -0.15) is 0 Å². The predicted octanol–water partition coefficient (Wildman–Crippen LogP) is 2.00. The zero-order valence-corrected chi connectivity index (χ0v) is 7.09. The number of rotatable bonds is 0.